The summed E-state index contributed by atoms with van der Waals surface area (Å²) in [6.07, 6.45) is -3.47. The van der Waals surface area contributed by atoms with Crippen molar-refractivity contribution < 1.29 is 13.2 Å². The number of nitrogen functional groups attached to an aromatic ring is 1. The summed E-state index contributed by atoms with van der Waals surface area (Å²) in [4.78, 5) is 21.6. The summed E-state index contributed by atoms with van der Waals surface area (Å²) < 4.78 is 38.8. The number of aromatic amines is 1. The molecule has 3 N–H and O–H groups in total. The maximum Gasteiger partial charge on any atom is 0.418 e. The summed E-state index contributed by atoms with van der Waals surface area (Å²) in [5, 5.41) is 0.223. The lowest BCUT2D eigenvalue weighted by molar-refractivity contribution is -0.136. The number of rotatable bonds is 0. The van der Waals surface area contributed by atoms with Crippen molar-refractivity contribution in [2.24, 2.45) is 0 Å². The Labute approximate surface area is 109 Å². The number of anilines is 1. The summed E-state index contributed by atoms with van der Waals surface area (Å²) in [6, 6.07) is 3.59. The van der Waals surface area contributed by atoms with Gasteiger partial charge in [-0.25, -0.2) is 4.98 Å². The Morgan fingerprint density at radius 2 is 1.90 bits per heavy atom. The Morgan fingerprint density at radius 1 is 1.15 bits per heavy atom. The number of H-pyrrole nitrogens is 1. The highest BCUT2D eigenvalue weighted by molar-refractivity contribution is 6.03. The van der Waals surface area contributed by atoms with Gasteiger partial charge in [-0.15, -0.1) is 0 Å². The van der Waals surface area contributed by atoms with E-state index in [1.807, 2.05) is 0 Å². The highest BCUT2D eigenvalue weighted by atomic mass is 19.4. The van der Waals surface area contributed by atoms with E-state index >= 15 is 0 Å². The number of nitrogens with one attached hydrogen (secondary N) is 1. The van der Waals surface area contributed by atoms with Gasteiger partial charge in [0, 0.05) is 11.6 Å². The second kappa shape index (κ2) is 3.92. The number of fused-ring (bicyclic) bond motifs is 3. The van der Waals surface area contributed by atoms with Gasteiger partial charge in [0.2, 0.25) is 5.95 Å². The van der Waals surface area contributed by atoms with E-state index in [9.17, 15) is 18.0 Å². The number of nitrogens with zero attached hydrogens (tertiary/aromatic N) is 2. The van der Waals surface area contributed by atoms with Crippen LogP contribution in [0.25, 0.3) is 21.8 Å². The first kappa shape index (κ1) is 12.4. The summed E-state index contributed by atoms with van der Waals surface area (Å²) in [6.45, 7) is 0. The molecule has 20 heavy (non-hydrogen) atoms. The zero-order chi connectivity index (χ0) is 14.5. The van der Waals surface area contributed by atoms with E-state index in [1.165, 1.54) is 12.1 Å². The number of nitrogens with two attached hydrogens (primary N) is 1. The molecule has 3 rings (SSSR count). The first-order chi connectivity index (χ1) is 9.38. The van der Waals surface area contributed by atoms with E-state index in [1.54, 1.807) is 0 Å². The maximum absolute atomic E-state index is 12.9. The number of alkyl halides is 3. The molecule has 102 valence electrons. The summed E-state index contributed by atoms with van der Waals surface area (Å²) in [7, 11) is 0. The van der Waals surface area contributed by atoms with Gasteiger partial charge >= 0.3 is 6.18 Å². The fourth-order valence-corrected chi connectivity index (χ4v) is 2.06. The molecule has 8 heteroatoms. The molecule has 0 aliphatic carbocycles. The number of halogens is 3. The summed E-state index contributed by atoms with van der Waals surface area (Å²) in [5.74, 6) is -0.160. The SMILES string of the molecule is Nc1nc2c(cnc3c(C(F)(F)F)cccc32)c(=O)[nH]1. The van der Waals surface area contributed by atoms with Crippen molar-refractivity contribution in [2.45, 2.75) is 6.18 Å². The molecule has 0 radical (unpaired) electrons. The highest BCUT2D eigenvalue weighted by Crippen LogP contribution is 2.35. The van der Waals surface area contributed by atoms with Crippen LogP contribution in [0, 0.1) is 0 Å². The second-order valence-corrected chi connectivity index (χ2v) is 4.17. The molecule has 0 saturated heterocycles. The highest BCUT2D eigenvalue weighted by Gasteiger charge is 2.33. The summed E-state index contributed by atoms with van der Waals surface area (Å²) >= 11 is 0. The molecule has 0 atom stereocenters. The van der Waals surface area contributed by atoms with Crippen LogP contribution >= 0.6 is 0 Å². The van der Waals surface area contributed by atoms with Gasteiger partial charge in [-0.3, -0.25) is 14.8 Å². The van der Waals surface area contributed by atoms with Crippen molar-refractivity contribution in [1.29, 1.82) is 0 Å². The predicted octanol–water partition coefficient (Wildman–Crippen LogP) is 2.07. The number of pyridine rings is 1. The zero-order valence-corrected chi connectivity index (χ0v) is 9.82. The maximum atomic E-state index is 12.9. The monoisotopic (exact) mass is 280 g/mol. The van der Waals surface area contributed by atoms with Crippen molar-refractivity contribution in [3.63, 3.8) is 0 Å². The minimum absolute atomic E-state index is 0.0889. The van der Waals surface area contributed by atoms with Gasteiger partial charge in [0.25, 0.3) is 5.56 Å². The minimum atomic E-state index is -4.53. The van der Waals surface area contributed by atoms with Crippen molar-refractivity contribution in [3.8, 4) is 0 Å². The lowest BCUT2D eigenvalue weighted by Gasteiger charge is -2.10. The molecule has 0 bridgehead atoms. The number of hydrogen-bond acceptors (Lipinski definition) is 4. The van der Waals surface area contributed by atoms with Crippen LogP contribution in [0.4, 0.5) is 19.1 Å². The van der Waals surface area contributed by atoms with E-state index in [0.717, 1.165) is 12.3 Å². The fourth-order valence-electron chi connectivity index (χ4n) is 2.06. The summed E-state index contributed by atoms with van der Waals surface area (Å²) in [5.41, 5.74) is 3.85. The molecule has 0 saturated carbocycles. The van der Waals surface area contributed by atoms with E-state index in [-0.39, 0.29) is 27.8 Å². The second-order valence-electron chi connectivity index (χ2n) is 4.17. The van der Waals surface area contributed by atoms with E-state index in [2.05, 4.69) is 15.0 Å². The Morgan fingerprint density at radius 3 is 2.60 bits per heavy atom. The normalized spacial score (nSPS) is 12.2. The van der Waals surface area contributed by atoms with Gasteiger partial charge in [-0.1, -0.05) is 12.1 Å². The molecular formula is C12H7F3N4O. The van der Waals surface area contributed by atoms with Crippen LogP contribution in [0.5, 0.6) is 0 Å². The molecular weight excluding hydrogens is 273 g/mol. The lowest BCUT2D eigenvalue weighted by Crippen LogP contribution is -2.12. The third-order valence-corrected chi connectivity index (χ3v) is 2.89. The van der Waals surface area contributed by atoms with Gasteiger partial charge in [-0.2, -0.15) is 13.2 Å². The average molecular weight is 280 g/mol. The quantitative estimate of drug-likeness (QED) is 0.617. The van der Waals surface area contributed by atoms with Crippen LogP contribution in [-0.4, -0.2) is 15.0 Å². The molecule has 2 heterocycles. The van der Waals surface area contributed by atoms with Gasteiger partial charge in [0.1, 0.15) is 0 Å². The van der Waals surface area contributed by atoms with Crippen molar-refractivity contribution in [3.05, 3.63) is 40.3 Å². The van der Waals surface area contributed by atoms with Crippen LogP contribution in [-0.2, 0) is 6.18 Å². The predicted molar refractivity (Wildman–Crippen MR) is 67.1 cm³/mol. The van der Waals surface area contributed by atoms with E-state index < -0.39 is 17.3 Å². The molecule has 0 fully saturated rings. The van der Waals surface area contributed by atoms with Crippen LogP contribution in [0.15, 0.2) is 29.2 Å². The van der Waals surface area contributed by atoms with Crippen molar-refractivity contribution in [2.75, 3.05) is 5.73 Å². The minimum Gasteiger partial charge on any atom is -0.369 e. The van der Waals surface area contributed by atoms with Crippen molar-refractivity contribution in [1.82, 2.24) is 15.0 Å². The first-order valence-corrected chi connectivity index (χ1v) is 5.52. The standard InChI is InChI=1S/C12H7F3N4O/c13-12(14,15)7-3-1-2-5-8-6(4-17-9(5)7)10(20)19-11(16)18-8/h1-4H,(H3,16,18,19,20). The van der Waals surface area contributed by atoms with Crippen LogP contribution in [0.2, 0.25) is 0 Å². The Hall–Kier alpha value is -2.64. The topological polar surface area (TPSA) is 84.7 Å². The molecule has 3 aromatic rings. The van der Waals surface area contributed by atoms with E-state index in [0.29, 0.717) is 0 Å². The molecule has 0 aliphatic rings. The average Bonchev–Trinajstić information content (AvgIpc) is 2.36. The Bertz CT molecular complexity index is 885. The fraction of sp³-hybridized carbons (Fsp3) is 0.0833. The molecule has 1 aromatic carbocycles. The molecule has 0 spiro atoms. The van der Waals surface area contributed by atoms with Gasteiger partial charge in [-0.05, 0) is 6.07 Å². The van der Waals surface area contributed by atoms with Crippen LogP contribution in [0.3, 0.4) is 0 Å². The number of aromatic nitrogens is 3. The Kier molecular flexibility index (Phi) is 2.43. The molecule has 2 aromatic heterocycles. The zero-order valence-electron chi connectivity index (χ0n) is 9.82. The largest absolute Gasteiger partial charge is 0.418 e. The molecule has 0 aliphatic heterocycles. The number of para-hydroxylation sites is 1. The van der Waals surface area contributed by atoms with Gasteiger partial charge in [0.05, 0.1) is 22.0 Å². The smallest absolute Gasteiger partial charge is 0.369 e. The van der Waals surface area contributed by atoms with Crippen LogP contribution in [0.1, 0.15) is 5.56 Å². The van der Waals surface area contributed by atoms with E-state index in [4.69, 9.17) is 5.73 Å². The van der Waals surface area contributed by atoms with Gasteiger partial charge in [0.15, 0.2) is 0 Å². The third kappa shape index (κ3) is 1.77. The third-order valence-electron chi connectivity index (χ3n) is 2.89. The lowest BCUT2D eigenvalue weighted by atomic mass is 10.1. The van der Waals surface area contributed by atoms with Gasteiger partial charge < -0.3 is 5.73 Å². The first-order valence-electron chi connectivity index (χ1n) is 5.52. The van der Waals surface area contributed by atoms with Crippen LogP contribution < -0.4 is 11.3 Å². The Balaban J connectivity index is 2.54. The molecule has 5 nitrogen and oxygen atoms in total. The number of benzene rings is 1. The molecule has 0 amide bonds. The molecule has 0 unspecified atom stereocenters. The number of hydrogen-bond donors (Lipinski definition) is 2. The van der Waals surface area contributed by atoms with Crippen molar-refractivity contribution >= 4 is 27.8 Å².